The van der Waals surface area contributed by atoms with Crippen LogP contribution >= 0.6 is 11.6 Å². The van der Waals surface area contributed by atoms with Gasteiger partial charge >= 0.3 is 0 Å². The van der Waals surface area contributed by atoms with Crippen molar-refractivity contribution in [2.75, 3.05) is 12.8 Å². The molecule has 1 aromatic carbocycles. The Balaban J connectivity index is 2.02. The van der Waals surface area contributed by atoms with Crippen molar-refractivity contribution in [3.63, 3.8) is 0 Å². The van der Waals surface area contributed by atoms with Crippen LogP contribution in [-0.4, -0.2) is 22.8 Å². The number of ether oxygens (including phenoxy) is 1. The highest BCUT2D eigenvalue weighted by atomic mass is 35.5. The molecule has 2 aromatic rings. The molecule has 1 saturated carbocycles. The van der Waals surface area contributed by atoms with Crippen LogP contribution in [0.25, 0.3) is 11.0 Å². The summed E-state index contributed by atoms with van der Waals surface area (Å²) in [5, 5.41) is 0.686. The molecule has 0 saturated heterocycles. The zero-order valence-electron chi connectivity index (χ0n) is 9.56. The van der Waals surface area contributed by atoms with Gasteiger partial charge in [-0.3, -0.25) is 0 Å². The number of methoxy groups -OCH3 is 1. The van der Waals surface area contributed by atoms with Crippen molar-refractivity contribution >= 4 is 28.6 Å². The van der Waals surface area contributed by atoms with Crippen LogP contribution in [0.15, 0.2) is 18.2 Å². The van der Waals surface area contributed by atoms with Crippen molar-refractivity contribution in [2.45, 2.75) is 25.0 Å². The van der Waals surface area contributed by atoms with Crippen LogP contribution in [0.4, 0.5) is 5.95 Å². The summed E-state index contributed by atoms with van der Waals surface area (Å²) in [5.74, 6) is 0.557. The molecule has 1 heterocycles. The van der Waals surface area contributed by atoms with Gasteiger partial charge in [-0.05, 0) is 31.0 Å². The average molecular weight is 252 g/mol. The summed E-state index contributed by atoms with van der Waals surface area (Å²) in [4.78, 5) is 4.34. The maximum atomic E-state index is 5.97. The summed E-state index contributed by atoms with van der Waals surface area (Å²) in [6.45, 7) is 0. The van der Waals surface area contributed by atoms with Gasteiger partial charge in [0.05, 0.1) is 17.1 Å². The van der Waals surface area contributed by atoms with Crippen LogP contribution in [-0.2, 0) is 4.74 Å². The first-order chi connectivity index (χ1) is 8.19. The average Bonchev–Trinajstić information content (AvgIpc) is 2.53. The Morgan fingerprint density at radius 1 is 1.47 bits per heavy atom. The monoisotopic (exact) mass is 251 g/mol. The van der Waals surface area contributed by atoms with E-state index in [1.807, 2.05) is 18.2 Å². The summed E-state index contributed by atoms with van der Waals surface area (Å²) in [6, 6.07) is 6.08. The number of anilines is 1. The molecule has 90 valence electrons. The second-order valence-electron chi connectivity index (χ2n) is 4.46. The van der Waals surface area contributed by atoms with Crippen LogP contribution < -0.4 is 5.73 Å². The molecule has 1 aromatic heterocycles. The molecule has 0 amide bonds. The van der Waals surface area contributed by atoms with Crippen LogP contribution in [0.5, 0.6) is 0 Å². The third kappa shape index (κ3) is 1.68. The van der Waals surface area contributed by atoms with Crippen molar-refractivity contribution < 1.29 is 4.74 Å². The number of imidazole rings is 1. The van der Waals surface area contributed by atoms with Crippen molar-refractivity contribution in [2.24, 2.45) is 0 Å². The summed E-state index contributed by atoms with van der Waals surface area (Å²) in [5.41, 5.74) is 7.87. The highest BCUT2D eigenvalue weighted by molar-refractivity contribution is 6.31. The Labute approximate surface area is 104 Å². The number of rotatable bonds is 2. The Morgan fingerprint density at radius 2 is 2.24 bits per heavy atom. The second-order valence-corrected chi connectivity index (χ2v) is 4.89. The summed E-state index contributed by atoms with van der Waals surface area (Å²) >= 11 is 5.94. The number of aromatic nitrogens is 2. The highest BCUT2D eigenvalue weighted by Gasteiger charge is 2.32. The molecule has 0 atom stereocenters. The topological polar surface area (TPSA) is 53.1 Å². The summed E-state index contributed by atoms with van der Waals surface area (Å²) < 4.78 is 7.37. The van der Waals surface area contributed by atoms with Crippen LogP contribution in [0, 0.1) is 0 Å². The van der Waals surface area contributed by atoms with Crippen molar-refractivity contribution in [3.8, 4) is 0 Å². The quantitative estimate of drug-likeness (QED) is 0.893. The first kappa shape index (κ1) is 10.9. The maximum absolute atomic E-state index is 5.97. The van der Waals surface area contributed by atoms with Crippen molar-refractivity contribution in [1.29, 1.82) is 0 Å². The Kier molecular flexibility index (Phi) is 2.49. The fraction of sp³-hybridized carbons (Fsp3) is 0.417. The summed E-state index contributed by atoms with van der Waals surface area (Å²) in [7, 11) is 1.75. The third-order valence-corrected chi connectivity index (χ3v) is 3.68. The Bertz CT molecular complexity index is 560. The third-order valence-electron chi connectivity index (χ3n) is 3.45. The second kappa shape index (κ2) is 3.89. The fourth-order valence-electron chi connectivity index (χ4n) is 2.42. The van der Waals surface area contributed by atoms with Gasteiger partial charge in [0.1, 0.15) is 0 Å². The largest absolute Gasteiger partial charge is 0.381 e. The molecule has 1 aliphatic rings. The lowest BCUT2D eigenvalue weighted by Crippen LogP contribution is -2.32. The molecule has 0 radical (unpaired) electrons. The summed E-state index contributed by atoms with van der Waals surface area (Å²) in [6.07, 6.45) is 2.34. The molecule has 0 spiro atoms. The minimum Gasteiger partial charge on any atom is -0.381 e. The molecular weight excluding hydrogens is 238 g/mol. The number of hydrogen-bond donors (Lipinski definition) is 1. The molecule has 17 heavy (non-hydrogen) atoms. The van der Waals surface area contributed by atoms with Gasteiger partial charge < -0.3 is 15.0 Å². The van der Waals surface area contributed by atoms with Gasteiger partial charge in [0.15, 0.2) is 0 Å². The van der Waals surface area contributed by atoms with Crippen LogP contribution in [0.1, 0.15) is 18.9 Å². The number of halogens is 1. The zero-order chi connectivity index (χ0) is 12.0. The van der Waals surface area contributed by atoms with E-state index in [-0.39, 0.29) is 0 Å². The lowest BCUT2D eigenvalue weighted by atomic mass is 9.89. The van der Waals surface area contributed by atoms with E-state index in [0.717, 1.165) is 23.9 Å². The van der Waals surface area contributed by atoms with E-state index in [4.69, 9.17) is 22.1 Å². The SMILES string of the molecule is COC1CC(n2c(N)nc3cc(Cl)ccc32)C1. The van der Waals surface area contributed by atoms with E-state index in [1.54, 1.807) is 7.11 Å². The normalized spacial score (nSPS) is 23.9. The number of nitrogens with zero attached hydrogens (tertiary/aromatic N) is 2. The smallest absolute Gasteiger partial charge is 0.201 e. The highest BCUT2D eigenvalue weighted by Crippen LogP contribution is 2.38. The van der Waals surface area contributed by atoms with Crippen molar-refractivity contribution in [1.82, 2.24) is 9.55 Å². The van der Waals surface area contributed by atoms with E-state index in [1.165, 1.54) is 0 Å². The standard InChI is InChI=1S/C12H14ClN3O/c1-17-9-5-8(6-9)16-11-3-2-7(13)4-10(11)15-12(16)14/h2-4,8-9H,5-6H2,1H3,(H2,14,15). The number of benzene rings is 1. The lowest BCUT2D eigenvalue weighted by molar-refractivity contribution is 0.00798. The number of hydrogen-bond acceptors (Lipinski definition) is 3. The van der Waals surface area contributed by atoms with E-state index < -0.39 is 0 Å². The molecule has 1 aliphatic carbocycles. The minimum atomic E-state index is 0.351. The molecule has 0 unspecified atom stereocenters. The lowest BCUT2D eigenvalue weighted by Gasteiger charge is -2.35. The van der Waals surface area contributed by atoms with Crippen molar-refractivity contribution in [3.05, 3.63) is 23.2 Å². The van der Waals surface area contributed by atoms with E-state index >= 15 is 0 Å². The molecule has 0 aliphatic heterocycles. The molecule has 1 fully saturated rings. The first-order valence-electron chi connectivity index (χ1n) is 5.65. The maximum Gasteiger partial charge on any atom is 0.201 e. The minimum absolute atomic E-state index is 0.351. The Morgan fingerprint density at radius 3 is 2.94 bits per heavy atom. The van der Waals surface area contributed by atoms with E-state index in [2.05, 4.69) is 9.55 Å². The zero-order valence-corrected chi connectivity index (χ0v) is 10.3. The van der Waals surface area contributed by atoms with Gasteiger partial charge in [-0.1, -0.05) is 11.6 Å². The van der Waals surface area contributed by atoms with Crippen LogP contribution in [0.2, 0.25) is 5.02 Å². The van der Waals surface area contributed by atoms with Gasteiger partial charge in [0.25, 0.3) is 0 Å². The first-order valence-corrected chi connectivity index (χ1v) is 6.02. The molecule has 0 bridgehead atoms. The fourth-order valence-corrected chi connectivity index (χ4v) is 2.58. The number of fused-ring (bicyclic) bond motifs is 1. The van der Waals surface area contributed by atoms with Gasteiger partial charge in [0, 0.05) is 18.2 Å². The van der Waals surface area contributed by atoms with Gasteiger partial charge in [-0.25, -0.2) is 4.98 Å². The predicted octanol–water partition coefficient (Wildman–Crippen LogP) is 2.62. The van der Waals surface area contributed by atoms with Gasteiger partial charge in [-0.15, -0.1) is 0 Å². The van der Waals surface area contributed by atoms with Crippen LogP contribution in [0.3, 0.4) is 0 Å². The van der Waals surface area contributed by atoms with Gasteiger partial charge in [0.2, 0.25) is 5.95 Å². The number of nitrogen functional groups attached to an aromatic ring is 1. The molecule has 4 nitrogen and oxygen atoms in total. The molecule has 5 heteroatoms. The van der Waals surface area contributed by atoms with E-state index in [0.29, 0.717) is 23.1 Å². The van der Waals surface area contributed by atoms with Gasteiger partial charge in [-0.2, -0.15) is 0 Å². The Hall–Kier alpha value is -1.26. The molecule has 3 rings (SSSR count). The molecular formula is C12H14ClN3O. The number of nitrogens with two attached hydrogens (primary N) is 1. The van der Waals surface area contributed by atoms with E-state index in [9.17, 15) is 0 Å². The molecule has 2 N–H and O–H groups in total. The predicted molar refractivity (Wildman–Crippen MR) is 68.2 cm³/mol.